The lowest BCUT2D eigenvalue weighted by molar-refractivity contribution is 0.0692. The van der Waals surface area contributed by atoms with Crippen LogP contribution < -0.4 is 0 Å². The van der Waals surface area contributed by atoms with Crippen LogP contribution in [0.4, 0.5) is 0 Å². The number of carbonyl (C=O) groups excluding carboxylic acids is 1. The van der Waals surface area contributed by atoms with Crippen molar-refractivity contribution in [2.45, 2.75) is 39.5 Å². The average molecular weight is 408 g/mol. The van der Waals surface area contributed by atoms with Crippen LogP contribution >= 0.6 is 11.3 Å². The molecule has 8 heteroatoms. The zero-order valence-corrected chi connectivity index (χ0v) is 18.0. The van der Waals surface area contributed by atoms with Crippen LogP contribution in [0.2, 0.25) is 0 Å². The minimum absolute atomic E-state index is 0.136. The third kappa shape index (κ3) is 3.41. The Kier molecular flexibility index (Phi) is 5.42. The smallest absolute Gasteiger partial charge is 0.273 e. The molecule has 3 rings (SSSR count). The quantitative estimate of drug-likeness (QED) is 0.784. The molecule has 0 aliphatic carbocycles. The van der Waals surface area contributed by atoms with Gasteiger partial charge in [-0.1, -0.05) is 0 Å². The zero-order valence-electron chi connectivity index (χ0n) is 16.4. The van der Waals surface area contributed by atoms with Gasteiger partial charge in [-0.15, -0.1) is 11.3 Å². The summed E-state index contributed by atoms with van der Waals surface area (Å²) in [6.45, 7) is 11.1. The third-order valence-corrected chi connectivity index (χ3v) is 8.47. The number of carbonyl (C=O) groups is 1. The van der Waals surface area contributed by atoms with Gasteiger partial charge in [0.2, 0.25) is 10.0 Å². The minimum atomic E-state index is -3.61. The maximum atomic E-state index is 13.4. The molecule has 0 spiro atoms. The monoisotopic (exact) mass is 407 g/mol. The van der Waals surface area contributed by atoms with Gasteiger partial charge in [-0.05, 0) is 62.4 Å². The van der Waals surface area contributed by atoms with E-state index in [1.54, 1.807) is 15.8 Å². The molecule has 0 unspecified atom stereocenters. The predicted octanol–water partition coefficient (Wildman–Crippen LogP) is 2.83. The fourth-order valence-corrected chi connectivity index (χ4v) is 6.10. The van der Waals surface area contributed by atoms with Crippen molar-refractivity contribution in [3.05, 3.63) is 44.4 Å². The summed E-state index contributed by atoms with van der Waals surface area (Å²) in [6, 6.07) is 0. The van der Waals surface area contributed by atoms with E-state index in [0.29, 0.717) is 36.8 Å². The van der Waals surface area contributed by atoms with Crippen molar-refractivity contribution in [2.24, 2.45) is 0 Å². The van der Waals surface area contributed by atoms with Gasteiger partial charge >= 0.3 is 0 Å². The number of benzene rings is 1. The largest absolute Gasteiger partial charge is 0.335 e. The summed E-state index contributed by atoms with van der Waals surface area (Å²) < 4.78 is 28.2. The number of sulfonamides is 1. The molecule has 2 aromatic rings. The molecule has 0 bridgehead atoms. The lowest BCUT2D eigenvalue weighted by Gasteiger charge is -2.34. The van der Waals surface area contributed by atoms with E-state index in [4.69, 9.17) is 0 Å². The summed E-state index contributed by atoms with van der Waals surface area (Å²) in [5, 5.41) is 1.72. The molecular weight excluding hydrogens is 382 g/mol. The second-order valence-electron chi connectivity index (χ2n) is 7.02. The summed E-state index contributed by atoms with van der Waals surface area (Å²) in [6.07, 6.45) is 0. The molecule has 27 heavy (non-hydrogen) atoms. The van der Waals surface area contributed by atoms with Crippen molar-refractivity contribution in [1.29, 1.82) is 0 Å². The highest BCUT2D eigenvalue weighted by molar-refractivity contribution is 7.89. The molecule has 1 aliphatic heterocycles. The number of rotatable bonds is 3. The van der Waals surface area contributed by atoms with E-state index in [1.165, 1.54) is 15.6 Å². The van der Waals surface area contributed by atoms with Crippen molar-refractivity contribution in [2.75, 3.05) is 26.2 Å². The fourth-order valence-electron chi connectivity index (χ4n) is 3.59. The van der Waals surface area contributed by atoms with E-state index in [1.807, 2.05) is 34.6 Å². The first kappa shape index (κ1) is 20.0. The van der Waals surface area contributed by atoms with Crippen LogP contribution in [0.3, 0.4) is 0 Å². The Morgan fingerprint density at radius 3 is 1.93 bits per heavy atom. The maximum absolute atomic E-state index is 13.4. The molecule has 1 aliphatic rings. The van der Waals surface area contributed by atoms with Crippen LogP contribution in [0.15, 0.2) is 15.8 Å². The minimum Gasteiger partial charge on any atom is -0.335 e. The Bertz CT molecular complexity index is 945. The molecule has 146 valence electrons. The van der Waals surface area contributed by atoms with E-state index in [2.05, 4.69) is 4.98 Å². The summed E-state index contributed by atoms with van der Waals surface area (Å²) in [4.78, 5) is 18.6. The number of hydrogen-bond acceptors (Lipinski definition) is 5. The van der Waals surface area contributed by atoms with Gasteiger partial charge in [0.05, 0.1) is 10.4 Å². The zero-order chi connectivity index (χ0) is 19.9. The Balaban J connectivity index is 1.85. The van der Waals surface area contributed by atoms with E-state index < -0.39 is 10.0 Å². The molecule has 6 nitrogen and oxygen atoms in total. The summed E-state index contributed by atoms with van der Waals surface area (Å²) in [7, 11) is -3.61. The molecule has 1 aromatic carbocycles. The van der Waals surface area contributed by atoms with E-state index in [0.717, 1.165) is 27.8 Å². The van der Waals surface area contributed by atoms with E-state index in [-0.39, 0.29) is 5.91 Å². The number of piperazine rings is 1. The second kappa shape index (κ2) is 7.33. The van der Waals surface area contributed by atoms with Crippen LogP contribution in [0.25, 0.3) is 0 Å². The maximum Gasteiger partial charge on any atom is 0.273 e. The number of amides is 1. The molecule has 0 N–H and O–H groups in total. The lowest BCUT2D eigenvalue weighted by Crippen LogP contribution is -2.50. The predicted molar refractivity (Wildman–Crippen MR) is 107 cm³/mol. The standard InChI is InChI=1S/C19H25N3O3S2/c1-12-13(2)15(4)18(16(5)14(12)3)27(24,25)22-8-6-21(7-9-22)19(23)17-10-26-11-20-17/h10-11H,6-9H2,1-5H3. The molecular formula is C19H25N3O3S2. The summed E-state index contributed by atoms with van der Waals surface area (Å²) in [5.74, 6) is -0.136. The molecule has 1 amide bonds. The highest BCUT2D eigenvalue weighted by Crippen LogP contribution is 2.32. The third-order valence-electron chi connectivity index (χ3n) is 5.71. The van der Waals surface area contributed by atoms with Gasteiger partial charge in [0.25, 0.3) is 5.91 Å². The number of aromatic nitrogens is 1. The highest BCUT2D eigenvalue weighted by Gasteiger charge is 2.33. The van der Waals surface area contributed by atoms with Gasteiger partial charge in [-0.2, -0.15) is 4.31 Å². The summed E-state index contributed by atoms with van der Waals surface area (Å²) in [5.41, 5.74) is 6.87. The fraction of sp³-hybridized carbons (Fsp3) is 0.474. The molecule has 1 aromatic heterocycles. The molecule has 2 heterocycles. The molecule has 0 atom stereocenters. The molecule has 0 saturated carbocycles. The number of thiazole rings is 1. The second-order valence-corrected chi connectivity index (χ2v) is 9.62. The van der Waals surface area contributed by atoms with E-state index >= 15 is 0 Å². The first-order valence-corrected chi connectivity index (χ1v) is 11.3. The van der Waals surface area contributed by atoms with Crippen molar-refractivity contribution in [3.63, 3.8) is 0 Å². The SMILES string of the molecule is Cc1c(C)c(C)c(S(=O)(=O)N2CCN(C(=O)c3cscn3)CC2)c(C)c1C. The Morgan fingerprint density at radius 2 is 1.44 bits per heavy atom. The first-order chi connectivity index (χ1) is 12.7. The van der Waals surface area contributed by atoms with Crippen molar-refractivity contribution < 1.29 is 13.2 Å². The number of nitrogens with zero attached hydrogens (tertiary/aromatic N) is 3. The van der Waals surface area contributed by atoms with Gasteiger partial charge < -0.3 is 4.90 Å². The van der Waals surface area contributed by atoms with Gasteiger partial charge in [0, 0.05) is 31.6 Å². The molecule has 1 saturated heterocycles. The Hall–Kier alpha value is -1.77. The van der Waals surface area contributed by atoms with Crippen molar-refractivity contribution in [3.8, 4) is 0 Å². The topological polar surface area (TPSA) is 70.6 Å². The number of hydrogen-bond donors (Lipinski definition) is 0. The van der Waals surface area contributed by atoms with Gasteiger partial charge in [-0.3, -0.25) is 4.79 Å². The van der Waals surface area contributed by atoms with E-state index in [9.17, 15) is 13.2 Å². The van der Waals surface area contributed by atoms with Crippen LogP contribution in [0, 0.1) is 34.6 Å². The lowest BCUT2D eigenvalue weighted by atomic mass is 9.95. The van der Waals surface area contributed by atoms with Gasteiger partial charge in [0.1, 0.15) is 5.69 Å². The molecule has 1 fully saturated rings. The van der Waals surface area contributed by atoms with Crippen molar-refractivity contribution >= 4 is 27.3 Å². The Labute approximate surface area is 164 Å². The van der Waals surface area contributed by atoms with Crippen LogP contribution in [-0.2, 0) is 10.0 Å². The summed E-state index contributed by atoms with van der Waals surface area (Å²) >= 11 is 1.38. The van der Waals surface area contributed by atoms with Crippen LogP contribution in [-0.4, -0.2) is 54.7 Å². The van der Waals surface area contributed by atoms with Crippen LogP contribution in [0.5, 0.6) is 0 Å². The first-order valence-electron chi connectivity index (χ1n) is 8.90. The highest BCUT2D eigenvalue weighted by atomic mass is 32.2. The normalized spacial score (nSPS) is 16.0. The van der Waals surface area contributed by atoms with Gasteiger partial charge in [0.15, 0.2) is 0 Å². The Morgan fingerprint density at radius 1 is 0.926 bits per heavy atom. The van der Waals surface area contributed by atoms with Crippen molar-refractivity contribution in [1.82, 2.24) is 14.2 Å². The van der Waals surface area contributed by atoms with Gasteiger partial charge in [-0.25, -0.2) is 13.4 Å². The van der Waals surface area contributed by atoms with Crippen LogP contribution in [0.1, 0.15) is 38.3 Å². The molecule has 0 radical (unpaired) electrons. The average Bonchev–Trinajstić information content (AvgIpc) is 3.19.